The van der Waals surface area contributed by atoms with E-state index in [1.54, 1.807) is 7.11 Å². The number of nitrogens with zero attached hydrogens (tertiary/aromatic N) is 1. The van der Waals surface area contributed by atoms with E-state index in [0.717, 1.165) is 23.3 Å². The predicted octanol–water partition coefficient (Wildman–Crippen LogP) is 2.65. The molecule has 0 aliphatic carbocycles. The predicted molar refractivity (Wildman–Crippen MR) is 75.0 cm³/mol. The maximum absolute atomic E-state index is 5.30. The van der Waals surface area contributed by atoms with Gasteiger partial charge in [-0.25, -0.2) is 0 Å². The molecule has 0 aromatic heterocycles. The molecule has 3 nitrogen and oxygen atoms in total. The molecule has 0 bridgehead atoms. The van der Waals surface area contributed by atoms with Crippen LogP contribution in [0.2, 0.25) is 0 Å². The van der Waals surface area contributed by atoms with Gasteiger partial charge >= 0.3 is 0 Å². The molecule has 0 unspecified atom stereocenters. The summed E-state index contributed by atoms with van der Waals surface area (Å²) in [5.41, 5.74) is 1.24. The number of piperidine rings is 1. The Hall–Kier alpha value is -0.740. The molecule has 1 aliphatic rings. The van der Waals surface area contributed by atoms with Gasteiger partial charge in [0.2, 0.25) is 0 Å². The van der Waals surface area contributed by atoms with Crippen LogP contribution in [0.5, 0.6) is 5.75 Å². The number of hydrogen-bond donors (Lipinski definition) is 1. The Bertz CT molecular complexity index is 376. The molecular weight excluding hydrogens is 280 g/mol. The van der Waals surface area contributed by atoms with E-state index >= 15 is 0 Å². The molecule has 0 amide bonds. The summed E-state index contributed by atoms with van der Waals surface area (Å²) in [7, 11) is 3.75. The topological polar surface area (TPSA) is 24.5 Å². The molecule has 1 aliphatic heterocycles. The monoisotopic (exact) mass is 298 g/mol. The molecule has 1 heterocycles. The molecule has 17 heavy (non-hydrogen) atoms. The standard InChI is InChI=1S/C13H19BrN2O/c1-15-11-3-5-16(6-4-11)12-7-10(14)8-13(9-12)17-2/h7-9,11,15H,3-6H2,1-2H3. The summed E-state index contributed by atoms with van der Waals surface area (Å²) >= 11 is 3.53. The van der Waals surface area contributed by atoms with E-state index in [-0.39, 0.29) is 0 Å². The van der Waals surface area contributed by atoms with E-state index in [4.69, 9.17) is 4.74 Å². The van der Waals surface area contributed by atoms with Crippen molar-refractivity contribution in [2.75, 3.05) is 32.1 Å². The smallest absolute Gasteiger partial charge is 0.122 e. The van der Waals surface area contributed by atoms with Gasteiger partial charge in [-0.2, -0.15) is 0 Å². The summed E-state index contributed by atoms with van der Waals surface area (Å²) in [6.45, 7) is 2.20. The van der Waals surface area contributed by atoms with Crippen LogP contribution in [-0.2, 0) is 0 Å². The molecule has 4 heteroatoms. The zero-order valence-electron chi connectivity index (χ0n) is 10.4. The van der Waals surface area contributed by atoms with Crippen molar-refractivity contribution in [3.63, 3.8) is 0 Å². The van der Waals surface area contributed by atoms with Crippen LogP contribution in [0.1, 0.15) is 12.8 Å². The lowest BCUT2D eigenvalue weighted by atomic mass is 10.0. The second kappa shape index (κ2) is 5.74. The average Bonchev–Trinajstić information content (AvgIpc) is 2.38. The second-order valence-corrected chi connectivity index (χ2v) is 5.31. The average molecular weight is 299 g/mol. The van der Waals surface area contributed by atoms with Gasteiger partial charge in [-0.05, 0) is 32.0 Å². The van der Waals surface area contributed by atoms with Crippen molar-refractivity contribution in [1.82, 2.24) is 5.32 Å². The van der Waals surface area contributed by atoms with Crippen LogP contribution in [0.25, 0.3) is 0 Å². The lowest BCUT2D eigenvalue weighted by molar-refractivity contribution is 0.413. The Labute approximate surface area is 111 Å². The van der Waals surface area contributed by atoms with E-state index in [1.165, 1.54) is 18.5 Å². The van der Waals surface area contributed by atoms with E-state index < -0.39 is 0 Å². The molecular formula is C13H19BrN2O. The van der Waals surface area contributed by atoms with Crippen molar-refractivity contribution >= 4 is 21.6 Å². The van der Waals surface area contributed by atoms with Crippen LogP contribution < -0.4 is 15.0 Å². The molecule has 0 radical (unpaired) electrons. The Balaban J connectivity index is 2.10. The van der Waals surface area contributed by atoms with Gasteiger partial charge in [0.15, 0.2) is 0 Å². The lowest BCUT2D eigenvalue weighted by Gasteiger charge is -2.33. The van der Waals surface area contributed by atoms with Gasteiger partial charge in [0.05, 0.1) is 7.11 Å². The maximum Gasteiger partial charge on any atom is 0.122 e. The fourth-order valence-electron chi connectivity index (χ4n) is 2.27. The molecule has 0 spiro atoms. The van der Waals surface area contributed by atoms with Gasteiger partial charge in [-0.15, -0.1) is 0 Å². The van der Waals surface area contributed by atoms with E-state index in [2.05, 4.69) is 38.3 Å². The third-order valence-electron chi connectivity index (χ3n) is 3.36. The van der Waals surface area contributed by atoms with Crippen molar-refractivity contribution in [1.29, 1.82) is 0 Å². The molecule has 94 valence electrons. The number of nitrogens with one attached hydrogen (secondary N) is 1. The zero-order chi connectivity index (χ0) is 12.3. The summed E-state index contributed by atoms with van der Waals surface area (Å²) in [6.07, 6.45) is 2.40. The summed E-state index contributed by atoms with van der Waals surface area (Å²) in [5.74, 6) is 0.908. The fourth-order valence-corrected chi connectivity index (χ4v) is 2.73. The van der Waals surface area contributed by atoms with E-state index in [0.29, 0.717) is 6.04 Å². The van der Waals surface area contributed by atoms with Crippen LogP contribution in [0.3, 0.4) is 0 Å². The highest BCUT2D eigenvalue weighted by molar-refractivity contribution is 9.10. The summed E-state index contributed by atoms with van der Waals surface area (Å²) in [5, 5.41) is 3.35. The number of ether oxygens (including phenoxy) is 1. The normalized spacial score (nSPS) is 17.2. The largest absolute Gasteiger partial charge is 0.497 e. The van der Waals surface area contributed by atoms with Gasteiger partial charge < -0.3 is 15.0 Å². The second-order valence-electron chi connectivity index (χ2n) is 4.40. The third kappa shape index (κ3) is 3.13. The minimum atomic E-state index is 0.667. The highest BCUT2D eigenvalue weighted by atomic mass is 79.9. The first kappa shape index (κ1) is 12.7. The van der Waals surface area contributed by atoms with Gasteiger partial charge in [-0.3, -0.25) is 0 Å². The molecule has 1 aromatic rings. The van der Waals surface area contributed by atoms with E-state index in [9.17, 15) is 0 Å². The van der Waals surface area contributed by atoms with Crippen molar-refractivity contribution in [2.45, 2.75) is 18.9 Å². The number of benzene rings is 1. The number of hydrogen-bond acceptors (Lipinski definition) is 3. The maximum atomic E-state index is 5.30. The van der Waals surface area contributed by atoms with Crippen molar-refractivity contribution in [3.05, 3.63) is 22.7 Å². The van der Waals surface area contributed by atoms with Crippen LogP contribution >= 0.6 is 15.9 Å². The zero-order valence-corrected chi connectivity index (χ0v) is 12.0. The van der Waals surface area contributed by atoms with Gasteiger partial charge in [0.25, 0.3) is 0 Å². The quantitative estimate of drug-likeness (QED) is 0.928. The Morgan fingerprint density at radius 1 is 1.29 bits per heavy atom. The van der Waals surface area contributed by atoms with Gasteiger partial charge in [-0.1, -0.05) is 15.9 Å². The molecule has 0 saturated carbocycles. The first-order valence-corrected chi connectivity index (χ1v) is 6.79. The highest BCUT2D eigenvalue weighted by Crippen LogP contribution is 2.28. The number of anilines is 1. The first-order valence-electron chi connectivity index (χ1n) is 5.99. The summed E-state index contributed by atoms with van der Waals surface area (Å²) in [4.78, 5) is 2.42. The van der Waals surface area contributed by atoms with Crippen molar-refractivity contribution in [2.24, 2.45) is 0 Å². The Morgan fingerprint density at radius 3 is 2.59 bits per heavy atom. The molecule has 0 atom stereocenters. The molecule has 1 aromatic carbocycles. The summed E-state index contributed by atoms with van der Waals surface area (Å²) < 4.78 is 6.37. The molecule has 2 rings (SSSR count). The fraction of sp³-hybridized carbons (Fsp3) is 0.538. The van der Waals surface area contributed by atoms with Crippen molar-refractivity contribution in [3.8, 4) is 5.75 Å². The van der Waals surface area contributed by atoms with Crippen LogP contribution in [-0.4, -0.2) is 33.3 Å². The minimum absolute atomic E-state index is 0.667. The third-order valence-corrected chi connectivity index (χ3v) is 3.82. The Morgan fingerprint density at radius 2 is 2.00 bits per heavy atom. The van der Waals surface area contributed by atoms with Crippen molar-refractivity contribution < 1.29 is 4.74 Å². The summed E-state index contributed by atoms with van der Waals surface area (Å²) in [6, 6.07) is 6.91. The Kier molecular flexibility index (Phi) is 4.29. The van der Waals surface area contributed by atoms with Crippen LogP contribution in [0.4, 0.5) is 5.69 Å². The highest BCUT2D eigenvalue weighted by Gasteiger charge is 2.18. The van der Waals surface area contributed by atoms with E-state index in [1.807, 2.05) is 13.1 Å². The van der Waals surface area contributed by atoms with Crippen LogP contribution in [0.15, 0.2) is 22.7 Å². The van der Waals surface area contributed by atoms with Gasteiger partial charge in [0, 0.05) is 35.4 Å². The molecule has 1 N–H and O–H groups in total. The SMILES string of the molecule is CNC1CCN(c2cc(Br)cc(OC)c2)CC1. The lowest BCUT2D eigenvalue weighted by Crippen LogP contribution is -2.41. The first-order chi connectivity index (χ1) is 8.22. The number of rotatable bonds is 3. The number of halogens is 1. The van der Waals surface area contributed by atoms with Gasteiger partial charge in [0.1, 0.15) is 5.75 Å². The number of methoxy groups -OCH3 is 1. The molecule has 1 saturated heterocycles. The minimum Gasteiger partial charge on any atom is -0.497 e. The molecule has 1 fully saturated rings. The van der Waals surface area contributed by atoms with Crippen LogP contribution in [0, 0.1) is 0 Å².